The second-order valence-electron chi connectivity index (χ2n) is 9.69. The third-order valence-electron chi connectivity index (χ3n) is 7.26. The van der Waals surface area contributed by atoms with Crippen LogP contribution in [0, 0.1) is 5.41 Å². The van der Waals surface area contributed by atoms with E-state index in [2.05, 4.69) is 22.8 Å². The molecule has 4 rings (SSSR count). The van der Waals surface area contributed by atoms with Crippen molar-refractivity contribution in [1.82, 2.24) is 10.6 Å². The lowest BCUT2D eigenvalue weighted by molar-refractivity contribution is -0.148. The van der Waals surface area contributed by atoms with Crippen molar-refractivity contribution < 1.29 is 29.0 Å². The van der Waals surface area contributed by atoms with Crippen LogP contribution >= 0.6 is 0 Å². The van der Waals surface area contributed by atoms with E-state index in [1.807, 2.05) is 36.4 Å². The van der Waals surface area contributed by atoms with Crippen molar-refractivity contribution in [2.24, 2.45) is 5.41 Å². The van der Waals surface area contributed by atoms with Crippen LogP contribution in [0.4, 0.5) is 4.79 Å². The van der Waals surface area contributed by atoms with Gasteiger partial charge >= 0.3 is 12.1 Å². The predicted molar refractivity (Wildman–Crippen MR) is 130 cm³/mol. The molecule has 1 fully saturated rings. The SMILES string of the molecule is COCC(C)(NC(=O)OCC1c2ccccc2-c2ccccc21)C(=O)NCC1(C(=O)O)CCCC1. The molecule has 2 aromatic carbocycles. The van der Waals surface area contributed by atoms with Gasteiger partial charge in [0.25, 0.3) is 0 Å². The van der Waals surface area contributed by atoms with E-state index in [0.717, 1.165) is 35.1 Å². The summed E-state index contributed by atoms with van der Waals surface area (Å²) in [6.07, 6.45) is 1.92. The van der Waals surface area contributed by atoms with Crippen molar-refractivity contribution in [3.63, 3.8) is 0 Å². The fraction of sp³-hybridized carbons (Fsp3) is 0.444. The van der Waals surface area contributed by atoms with E-state index >= 15 is 0 Å². The molecule has 8 heteroatoms. The molecule has 0 radical (unpaired) electrons. The van der Waals surface area contributed by atoms with Crippen molar-refractivity contribution in [2.75, 3.05) is 26.9 Å². The number of carboxylic acid groups (broad SMARTS) is 1. The lowest BCUT2D eigenvalue weighted by Crippen LogP contribution is -2.61. The maximum Gasteiger partial charge on any atom is 0.408 e. The summed E-state index contributed by atoms with van der Waals surface area (Å²) in [4.78, 5) is 37.6. The normalized spacial score (nSPS) is 17.7. The van der Waals surface area contributed by atoms with Crippen LogP contribution in [-0.2, 0) is 19.1 Å². The van der Waals surface area contributed by atoms with Crippen LogP contribution < -0.4 is 10.6 Å². The highest BCUT2D eigenvalue weighted by molar-refractivity contribution is 5.90. The number of alkyl carbamates (subject to hydrolysis) is 1. The van der Waals surface area contributed by atoms with E-state index in [-0.39, 0.29) is 25.7 Å². The quantitative estimate of drug-likeness (QED) is 0.504. The number of benzene rings is 2. The maximum absolute atomic E-state index is 13.0. The first kappa shape index (κ1) is 24.7. The highest BCUT2D eigenvalue weighted by atomic mass is 16.5. The van der Waals surface area contributed by atoms with Gasteiger partial charge in [-0.15, -0.1) is 0 Å². The van der Waals surface area contributed by atoms with Gasteiger partial charge in [0, 0.05) is 19.6 Å². The van der Waals surface area contributed by atoms with Gasteiger partial charge in [0.2, 0.25) is 5.91 Å². The molecule has 35 heavy (non-hydrogen) atoms. The number of hydrogen-bond acceptors (Lipinski definition) is 5. The summed E-state index contributed by atoms with van der Waals surface area (Å²) in [5, 5.41) is 15.0. The van der Waals surface area contributed by atoms with Crippen LogP contribution in [0.3, 0.4) is 0 Å². The molecule has 0 bridgehead atoms. The predicted octanol–water partition coefficient (Wildman–Crippen LogP) is 3.69. The Morgan fingerprint density at radius 1 is 1.03 bits per heavy atom. The average Bonchev–Trinajstić information content (AvgIpc) is 3.45. The number of carboxylic acids is 1. The Morgan fingerprint density at radius 2 is 1.60 bits per heavy atom. The van der Waals surface area contributed by atoms with Crippen LogP contribution in [0.25, 0.3) is 11.1 Å². The Labute approximate surface area is 205 Å². The van der Waals surface area contributed by atoms with Crippen molar-refractivity contribution in [1.29, 1.82) is 0 Å². The van der Waals surface area contributed by atoms with Gasteiger partial charge in [0.1, 0.15) is 12.1 Å². The Kier molecular flexibility index (Phi) is 7.12. The zero-order chi connectivity index (χ0) is 25.1. The summed E-state index contributed by atoms with van der Waals surface area (Å²) in [5.74, 6) is -1.53. The molecule has 2 aromatic rings. The molecule has 0 heterocycles. The summed E-state index contributed by atoms with van der Waals surface area (Å²) in [6, 6.07) is 16.1. The number of fused-ring (bicyclic) bond motifs is 3. The third kappa shape index (κ3) is 4.89. The monoisotopic (exact) mass is 480 g/mol. The van der Waals surface area contributed by atoms with E-state index in [1.54, 1.807) is 0 Å². The van der Waals surface area contributed by atoms with Crippen molar-refractivity contribution in [2.45, 2.75) is 44.1 Å². The van der Waals surface area contributed by atoms with E-state index in [1.165, 1.54) is 14.0 Å². The van der Waals surface area contributed by atoms with Crippen molar-refractivity contribution >= 4 is 18.0 Å². The lowest BCUT2D eigenvalue weighted by atomic mass is 9.86. The Balaban J connectivity index is 1.41. The van der Waals surface area contributed by atoms with E-state index in [9.17, 15) is 19.5 Å². The summed E-state index contributed by atoms with van der Waals surface area (Å²) < 4.78 is 10.8. The van der Waals surface area contributed by atoms with Crippen LogP contribution in [0.1, 0.15) is 49.7 Å². The molecule has 0 spiro atoms. The van der Waals surface area contributed by atoms with Crippen LogP contribution in [-0.4, -0.2) is 55.5 Å². The molecule has 3 N–H and O–H groups in total. The van der Waals surface area contributed by atoms with Crippen LogP contribution in [0.2, 0.25) is 0 Å². The number of methoxy groups -OCH3 is 1. The fourth-order valence-electron chi connectivity index (χ4n) is 5.27. The van der Waals surface area contributed by atoms with Gasteiger partial charge in [-0.25, -0.2) is 4.79 Å². The fourth-order valence-corrected chi connectivity index (χ4v) is 5.27. The van der Waals surface area contributed by atoms with Crippen LogP contribution in [0.15, 0.2) is 48.5 Å². The molecule has 1 atom stereocenters. The summed E-state index contributed by atoms with van der Waals surface area (Å²) in [7, 11) is 1.43. The van der Waals surface area contributed by atoms with Gasteiger partial charge in [-0.2, -0.15) is 0 Å². The smallest absolute Gasteiger partial charge is 0.408 e. The summed E-state index contributed by atoms with van der Waals surface area (Å²) >= 11 is 0. The molecule has 0 aromatic heterocycles. The summed E-state index contributed by atoms with van der Waals surface area (Å²) in [6.45, 7) is 1.57. The van der Waals surface area contributed by atoms with Crippen LogP contribution in [0.5, 0.6) is 0 Å². The van der Waals surface area contributed by atoms with Gasteiger partial charge < -0.3 is 25.2 Å². The number of amides is 2. The van der Waals surface area contributed by atoms with E-state index in [0.29, 0.717) is 12.8 Å². The number of aliphatic carboxylic acids is 1. The molecule has 2 aliphatic carbocycles. The molecule has 1 unspecified atom stereocenters. The minimum absolute atomic E-state index is 0.00679. The largest absolute Gasteiger partial charge is 0.481 e. The van der Waals surface area contributed by atoms with Gasteiger partial charge in [-0.1, -0.05) is 61.4 Å². The molecular formula is C27H32N2O6. The summed E-state index contributed by atoms with van der Waals surface area (Å²) in [5.41, 5.74) is 2.05. The highest BCUT2D eigenvalue weighted by Crippen LogP contribution is 2.44. The molecule has 2 amide bonds. The molecule has 186 valence electrons. The highest BCUT2D eigenvalue weighted by Gasteiger charge is 2.43. The van der Waals surface area contributed by atoms with Gasteiger partial charge in [-0.3, -0.25) is 9.59 Å². The minimum atomic E-state index is -1.42. The third-order valence-corrected chi connectivity index (χ3v) is 7.26. The number of rotatable bonds is 9. The zero-order valence-corrected chi connectivity index (χ0v) is 20.1. The van der Waals surface area contributed by atoms with Gasteiger partial charge in [0.05, 0.1) is 12.0 Å². The molecule has 0 saturated heterocycles. The molecule has 8 nitrogen and oxygen atoms in total. The minimum Gasteiger partial charge on any atom is -0.481 e. The lowest BCUT2D eigenvalue weighted by Gasteiger charge is -2.31. The first-order chi connectivity index (χ1) is 16.8. The van der Waals surface area contributed by atoms with E-state index in [4.69, 9.17) is 9.47 Å². The topological polar surface area (TPSA) is 114 Å². The molecule has 2 aliphatic rings. The van der Waals surface area contributed by atoms with Gasteiger partial charge in [-0.05, 0) is 42.0 Å². The zero-order valence-electron chi connectivity index (χ0n) is 20.1. The second kappa shape index (κ2) is 10.1. The number of nitrogens with one attached hydrogen (secondary N) is 2. The number of carbonyl (C=O) groups excluding carboxylic acids is 2. The van der Waals surface area contributed by atoms with Gasteiger partial charge in [0.15, 0.2) is 0 Å². The number of hydrogen-bond donors (Lipinski definition) is 3. The number of ether oxygens (including phenoxy) is 2. The first-order valence-corrected chi connectivity index (χ1v) is 11.9. The molecule has 1 saturated carbocycles. The Hall–Kier alpha value is -3.39. The van der Waals surface area contributed by atoms with Crippen molar-refractivity contribution in [3.05, 3.63) is 59.7 Å². The Morgan fingerprint density at radius 3 is 2.14 bits per heavy atom. The number of carbonyl (C=O) groups is 3. The first-order valence-electron chi connectivity index (χ1n) is 11.9. The van der Waals surface area contributed by atoms with Crippen molar-refractivity contribution in [3.8, 4) is 11.1 Å². The second-order valence-corrected chi connectivity index (χ2v) is 9.69. The standard InChI is InChI=1S/C27H32N2O6/c1-26(17-34-2,23(30)28-16-27(24(31)32)13-7-8-14-27)29-25(33)35-15-22-20-11-5-3-9-18(20)19-10-4-6-12-21(19)22/h3-6,9-12,22H,7-8,13-17H2,1-2H3,(H,28,30)(H,29,33)(H,31,32). The molecule has 0 aliphatic heterocycles. The maximum atomic E-state index is 13.0. The molecular weight excluding hydrogens is 448 g/mol. The van der Waals surface area contributed by atoms with E-state index < -0.39 is 28.9 Å². The Bertz CT molecular complexity index is 1060. The average molecular weight is 481 g/mol.